The van der Waals surface area contributed by atoms with Crippen LogP contribution in [0.3, 0.4) is 0 Å². The molecule has 1 aromatic carbocycles. The molecule has 1 aliphatic heterocycles. The van der Waals surface area contributed by atoms with Gasteiger partial charge in [-0.15, -0.1) is 0 Å². The Labute approximate surface area is 120 Å². The van der Waals surface area contributed by atoms with Crippen LogP contribution in [0.5, 0.6) is 0 Å². The maximum atomic E-state index is 12.5. The Morgan fingerprint density at radius 2 is 2.10 bits per heavy atom. The number of rotatable bonds is 3. The van der Waals surface area contributed by atoms with Gasteiger partial charge < -0.3 is 0 Å². The van der Waals surface area contributed by atoms with Crippen molar-refractivity contribution in [1.82, 2.24) is 4.90 Å². The minimum Gasteiger partial charge on any atom is -0.299 e. The van der Waals surface area contributed by atoms with Gasteiger partial charge in [0.2, 0.25) is 0 Å². The Balaban J connectivity index is 1.82. The molecule has 0 unspecified atom stereocenters. The van der Waals surface area contributed by atoms with Gasteiger partial charge in [-0.25, -0.2) is 0 Å². The maximum absolute atomic E-state index is 12.5. The lowest BCUT2D eigenvalue weighted by Gasteiger charge is -2.47. The van der Waals surface area contributed by atoms with Gasteiger partial charge in [0, 0.05) is 25.6 Å². The monoisotopic (exact) mass is 271 g/mol. The summed E-state index contributed by atoms with van der Waals surface area (Å²) in [6, 6.07) is 10.3. The Morgan fingerprint density at radius 3 is 2.80 bits per heavy atom. The van der Waals surface area contributed by atoms with Crippen LogP contribution in [0.1, 0.15) is 31.7 Å². The molecule has 20 heavy (non-hydrogen) atoms. The van der Waals surface area contributed by atoms with Gasteiger partial charge in [-0.05, 0) is 25.3 Å². The lowest BCUT2D eigenvalue weighted by molar-refractivity contribution is -0.153. The van der Waals surface area contributed by atoms with Crippen LogP contribution < -0.4 is 0 Å². The smallest absolute Gasteiger partial charge is 0.152 e. The van der Waals surface area contributed by atoms with Crippen molar-refractivity contribution in [2.45, 2.75) is 32.7 Å². The number of hydrogen-bond donors (Lipinski definition) is 0. The number of ketones is 2. The molecule has 2 fully saturated rings. The molecule has 1 aromatic rings. The fourth-order valence-corrected chi connectivity index (χ4v) is 3.81. The van der Waals surface area contributed by atoms with E-state index in [-0.39, 0.29) is 17.5 Å². The first kappa shape index (κ1) is 13.5. The van der Waals surface area contributed by atoms with E-state index in [1.54, 1.807) is 6.92 Å². The Morgan fingerprint density at radius 1 is 1.35 bits per heavy atom. The van der Waals surface area contributed by atoms with Gasteiger partial charge >= 0.3 is 0 Å². The van der Waals surface area contributed by atoms with E-state index in [1.807, 2.05) is 18.2 Å². The average molecular weight is 271 g/mol. The normalized spacial score (nSPS) is 30.2. The molecule has 0 amide bonds. The van der Waals surface area contributed by atoms with Gasteiger partial charge in [0.15, 0.2) is 5.78 Å². The Kier molecular flexibility index (Phi) is 3.47. The summed E-state index contributed by atoms with van der Waals surface area (Å²) in [7, 11) is 0. The number of hydrogen-bond acceptors (Lipinski definition) is 3. The van der Waals surface area contributed by atoms with Crippen LogP contribution in [0, 0.1) is 11.3 Å². The molecule has 1 saturated carbocycles. The summed E-state index contributed by atoms with van der Waals surface area (Å²) in [6.07, 6.45) is 2.69. The second-order valence-corrected chi connectivity index (χ2v) is 6.25. The van der Waals surface area contributed by atoms with Crippen LogP contribution in [-0.4, -0.2) is 29.6 Å². The van der Waals surface area contributed by atoms with Gasteiger partial charge in [0.1, 0.15) is 5.78 Å². The number of piperidine rings is 1. The predicted molar refractivity (Wildman–Crippen MR) is 77.2 cm³/mol. The van der Waals surface area contributed by atoms with Crippen LogP contribution in [0.4, 0.5) is 0 Å². The molecule has 3 nitrogen and oxygen atoms in total. The Hall–Kier alpha value is -1.48. The van der Waals surface area contributed by atoms with E-state index in [0.717, 1.165) is 32.4 Å². The molecule has 0 N–H and O–H groups in total. The zero-order valence-corrected chi connectivity index (χ0v) is 12.0. The number of nitrogens with zero attached hydrogens (tertiary/aromatic N) is 1. The minimum atomic E-state index is -0.712. The van der Waals surface area contributed by atoms with Crippen molar-refractivity contribution in [3.63, 3.8) is 0 Å². The number of carbonyl (C=O) groups is 2. The highest BCUT2D eigenvalue weighted by Crippen LogP contribution is 2.42. The average Bonchev–Trinajstić information content (AvgIpc) is 2.41. The van der Waals surface area contributed by atoms with Crippen LogP contribution in [-0.2, 0) is 16.1 Å². The number of likely N-dealkylation sites (tertiary alicyclic amines) is 1. The number of benzene rings is 1. The summed E-state index contributed by atoms with van der Waals surface area (Å²) in [6.45, 7) is 3.83. The SMILES string of the molecule is CC(=O)[C@]12CCC[C@H](CN(Cc3ccccc3)C1)C2=O. The van der Waals surface area contributed by atoms with E-state index < -0.39 is 5.41 Å². The van der Waals surface area contributed by atoms with Crippen molar-refractivity contribution in [3.05, 3.63) is 35.9 Å². The number of fused-ring (bicyclic) bond motifs is 2. The van der Waals surface area contributed by atoms with E-state index in [9.17, 15) is 9.59 Å². The lowest BCUT2D eigenvalue weighted by Crippen LogP contribution is -2.58. The zero-order chi connectivity index (χ0) is 14.2. The summed E-state index contributed by atoms with van der Waals surface area (Å²) in [4.78, 5) is 26.9. The third kappa shape index (κ3) is 2.20. The first-order chi connectivity index (χ1) is 9.62. The van der Waals surface area contributed by atoms with E-state index in [4.69, 9.17) is 0 Å². The van der Waals surface area contributed by atoms with Gasteiger partial charge in [0.25, 0.3) is 0 Å². The lowest BCUT2D eigenvalue weighted by atomic mass is 9.63. The van der Waals surface area contributed by atoms with Crippen LogP contribution in [0.25, 0.3) is 0 Å². The third-order valence-electron chi connectivity index (χ3n) is 4.89. The third-order valence-corrected chi connectivity index (χ3v) is 4.89. The van der Waals surface area contributed by atoms with E-state index in [2.05, 4.69) is 17.0 Å². The molecule has 0 radical (unpaired) electrons. The van der Waals surface area contributed by atoms with Crippen LogP contribution in [0.2, 0.25) is 0 Å². The largest absolute Gasteiger partial charge is 0.299 e. The standard InChI is InChI=1S/C17H21NO2/c1-13(19)17-9-5-8-15(16(17)20)11-18(12-17)10-14-6-3-2-4-7-14/h2-4,6-7,15H,5,8-12H2,1H3/t15-,17+/m1/s1. The highest BCUT2D eigenvalue weighted by molar-refractivity contribution is 6.08. The summed E-state index contributed by atoms with van der Waals surface area (Å²) < 4.78 is 0. The second-order valence-electron chi connectivity index (χ2n) is 6.25. The molecule has 106 valence electrons. The van der Waals surface area contributed by atoms with Crippen molar-refractivity contribution < 1.29 is 9.59 Å². The van der Waals surface area contributed by atoms with Crippen LogP contribution in [0.15, 0.2) is 30.3 Å². The summed E-state index contributed by atoms with van der Waals surface area (Å²) >= 11 is 0. The van der Waals surface area contributed by atoms with Gasteiger partial charge in [-0.1, -0.05) is 36.8 Å². The topological polar surface area (TPSA) is 37.4 Å². The molecule has 2 atom stereocenters. The van der Waals surface area contributed by atoms with Crippen molar-refractivity contribution in [3.8, 4) is 0 Å². The molecule has 3 heteroatoms. The van der Waals surface area contributed by atoms with E-state index in [0.29, 0.717) is 6.54 Å². The summed E-state index contributed by atoms with van der Waals surface area (Å²) in [5, 5.41) is 0. The molecule has 2 aliphatic rings. The van der Waals surface area contributed by atoms with Gasteiger partial charge in [-0.3, -0.25) is 14.5 Å². The zero-order valence-electron chi connectivity index (χ0n) is 12.0. The van der Waals surface area contributed by atoms with Gasteiger partial charge in [0.05, 0.1) is 5.41 Å². The van der Waals surface area contributed by atoms with Crippen LogP contribution >= 0.6 is 0 Å². The first-order valence-corrected chi connectivity index (χ1v) is 7.43. The molecule has 2 bridgehead atoms. The molecule has 1 heterocycles. The number of Topliss-reactive ketones (excluding diaryl/α,β-unsaturated/α-hetero) is 2. The maximum Gasteiger partial charge on any atom is 0.152 e. The summed E-state index contributed by atoms with van der Waals surface area (Å²) in [5.74, 6) is 0.329. The first-order valence-electron chi connectivity index (χ1n) is 7.43. The van der Waals surface area contributed by atoms with Crippen molar-refractivity contribution in [1.29, 1.82) is 0 Å². The van der Waals surface area contributed by atoms with Gasteiger partial charge in [-0.2, -0.15) is 0 Å². The molecule has 0 aromatic heterocycles. The second kappa shape index (κ2) is 5.13. The fourth-order valence-electron chi connectivity index (χ4n) is 3.81. The fraction of sp³-hybridized carbons (Fsp3) is 0.529. The molecular weight excluding hydrogens is 250 g/mol. The number of carbonyl (C=O) groups excluding carboxylic acids is 2. The molecule has 1 saturated heterocycles. The van der Waals surface area contributed by atoms with Crippen molar-refractivity contribution in [2.24, 2.45) is 11.3 Å². The van der Waals surface area contributed by atoms with Crippen molar-refractivity contribution >= 4 is 11.6 Å². The Bertz CT molecular complexity index is 525. The summed E-state index contributed by atoms with van der Waals surface area (Å²) in [5.41, 5.74) is 0.536. The highest BCUT2D eigenvalue weighted by atomic mass is 16.2. The molecule has 0 spiro atoms. The molecular formula is C17H21NO2. The van der Waals surface area contributed by atoms with E-state index >= 15 is 0 Å². The van der Waals surface area contributed by atoms with Crippen molar-refractivity contribution in [2.75, 3.05) is 13.1 Å². The van der Waals surface area contributed by atoms with E-state index in [1.165, 1.54) is 5.56 Å². The quantitative estimate of drug-likeness (QED) is 0.792. The predicted octanol–water partition coefficient (Wildman–Crippen LogP) is 2.45. The molecule has 3 rings (SSSR count). The minimum absolute atomic E-state index is 0.0601. The highest BCUT2D eigenvalue weighted by Gasteiger charge is 2.52. The molecule has 1 aliphatic carbocycles.